The van der Waals surface area contributed by atoms with Gasteiger partial charge in [-0.25, -0.2) is 4.68 Å². The maximum Gasteiger partial charge on any atom is 0.123 e. The van der Waals surface area contributed by atoms with Crippen LogP contribution in [-0.4, -0.2) is 21.1 Å². The van der Waals surface area contributed by atoms with Crippen LogP contribution in [0, 0.1) is 11.3 Å². The predicted molar refractivity (Wildman–Crippen MR) is 88.5 cm³/mol. The van der Waals surface area contributed by atoms with Crippen LogP contribution in [-0.2, 0) is 19.4 Å². The highest BCUT2D eigenvalue weighted by Gasteiger charge is 2.24. The molecule has 1 atom stereocenters. The molecule has 2 aromatic carbocycles. The van der Waals surface area contributed by atoms with Gasteiger partial charge in [0.2, 0.25) is 0 Å². The summed E-state index contributed by atoms with van der Waals surface area (Å²) in [6, 6.07) is 18.0. The number of hydrogen-bond acceptors (Lipinski definition) is 4. The van der Waals surface area contributed by atoms with Crippen LogP contribution in [0.1, 0.15) is 22.4 Å². The third kappa shape index (κ3) is 2.99. The number of nitrogens with zero attached hydrogens (tertiary/aromatic N) is 4. The van der Waals surface area contributed by atoms with E-state index in [4.69, 9.17) is 10.00 Å². The topological polar surface area (TPSA) is 63.7 Å². The molecule has 5 heteroatoms. The summed E-state index contributed by atoms with van der Waals surface area (Å²) >= 11 is 0. The molecule has 0 fully saturated rings. The number of hydrogen-bond donors (Lipinski definition) is 0. The van der Waals surface area contributed by atoms with Crippen LogP contribution in [0.15, 0.2) is 54.7 Å². The average Bonchev–Trinajstić information content (AvgIpc) is 3.21. The first-order valence-electron chi connectivity index (χ1n) is 7.93. The Hall–Kier alpha value is -3.13. The van der Waals surface area contributed by atoms with Gasteiger partial charge >= 0.3 is 0 Å². The van der Waals surface area contributed by atoms with Crippen molar-refractivity contribution in [1.82, 2.24) is 15.0 Å². The molecule has 0 bridgehead atoms. The number of ether oxygens (including phenoxy) is 1. The molecule has 5 nitrogen and oxygen atoms in total. The maximum atomic E-state index is 8.98. The van der Waals surface area contributed by atoms with Crippen molar-refractivity contribution in [3.63, 3.8) is 0 Å². The van der Waals surface area contributed by atoms with Crippen LogP contribution in [0.4, 0.5) is 0 Å². The first kappa shape index (κ1) is 14.5. The van der Waals surface area contributed by atoms with E-state index in [0.29, 0.717) is 12.1 Å². The summed E-state index contributed by atoms with van der Waals surface area (Å²) < 4.78 is 7.77. The minimum Gasteiger partial charge on any atom is -0.488 e. The van der Waals surface area contributed by atoms with Crippen LogP contribution < -0.4 is 4.74 Å². The van der Waals surface area contributed by atoms with Crippen LogP contribution in [0.3, 0.4) is 0 Å². The van der Waals surface area contributed by atoms with Crippen molar-refractivity contribution >= 4 is 0 Å². The minimum atomic E-state index is 0.0280. The van der Waals surface area contributed by atoms with E-state index in [1.807, 2.05) is 41.2 Å². The standard InChI is InChI=1S/C19H16N4O/c20-11-15-6-7-19-16(8-15)10-18(24-19)13-23-12-17(21-22-23)9-14-4-2-1-3-5-14/h1-8,12,18H,9-10,13H2. The normalized spacial score (nSPS) is 15.5. The Bertz CT molecular complexity index is 895. The van der Waals surface area contributed by atoms with Gasteiger partial charge in [0.25, 0.3) is 0 Å². The maximum absolute atomic E-state index is 8.98. The molecule has 1 aliphatic heterocycles. The average molecular weight is 316 g/mol. The fourth-order valence-corrected chi connectivity index (χ4v) is 3.01. The number of benzene rings is 2. The van der Waals surface area contributed by atoms with Gasteiger partial charge in [-0.2, -0.15) is 5.26 Å². The Labute approximate surface area is 140 Å². The summed E-state index contributed by atoms with van der Waals surface area (Å²) in [5, 5.41) is 17.4. The molecule has 118 valence electrons. The molecule has 1 unspecified atom stereocenters. The van der Waals surface area contributed by atoms with Crippen molar-refractivity contribution in [2.24, 2.45) is 0 Å². The van der Waals surface area contributed by atoms with Crippen molar-refractivity contribution in [2.75, 3.05) is 0 Å². The number of fused-ring (bicyclic) bond motifs is 1. The van der Waals surface area contributed by atoms with Crippen molar-refractivity contribution in [3.05, 3.63) is 77.1 Å². The second-order valence-electron chi connectivity index (χ2n) is 5.97. The van der Waals surface area contributed by atoms with E-state index in [2.05, 4.69) is 28.5 Å². The van der Waals surface area contributed by atoms with Crippen LogP contribution >= 0.6 is 0 Å². The van der Waals surface area contributed by atoms with E-state index in [-0.39, 0.29) is 6.10 Å². The monoisotopic (exact) mass is 316 g/mol. The van der Waals surface area contributed by atoms with E-state index in [0.717, 1.165) is 29.8 Å². The summed E-state index contributed by atoms with van der Waals surface area (Å²) in [6.45, 7) is 0.651. The molecule has 1 aliphatic rings. The molecule has 0 saturated heterocycles. The third-order valence-corrected chi connectivity index (χ3v) is 4.14. The molecule has 0 N–H and O–H groups in total. The Morgan fingerprint density at radius 2 is 2.08 bits per heavy atom. The van der Waals surface area contributed by atoms with Gasteiger partial charge in [0, 0.05) is 19.0 Å². The van der Waals surface area contributed by atoms with Crippen LogP contribution in [0.2, 0.25) is 0 Å². The van der Waals surface area contributed by atoms with Gasteiger partial charge in [-0.15, -0.1) is 5.10 Å². The molecular weight excluding hydrogens is 300 g/mol. The van der Waals surface area contributed by atoms with Gasteiger partial charge in [0.1, 0.15) is 11.9 Å². The molecular formula is C19H16N4O. The van der Waals surface area contributed by atoms with E-state index in [9.17, 15) is 0 Å². The minimum absolute atomic E-state index is 0.0280. The highest BCUT2D eigenvalue weighted by atomic mass is 16.5. The lowest BCUT2D eigenvalue weighted by atomic mass is 10.1. The molecule has 2 heterocycles. The van der Waals surface area contributed by atoms with Crippen molar-refractivity contribution in [3.8, 4) is 11.8 Å². The highest BCUT2D eigenvalue weighted by Crippen LogP contribution is 2.30. The van der Waals surface area contributed by atoms with Gasteiger partial charge < -0.3 is 4.74 Å². The molecule has 0 amide bonds. The predicted octanol–water partition coefficient (Wildman–Crippen LogP) is 2.74. The molecule has 1 aromatic heterocycles. The van der Waals surface area contributed by atoms with Crippen molar-refractivity contribution in [1.29, 1.82) is 5.26 Å². The lowest BCUT2D eigenvalue weighted by Gasteiger charge is -2.09. The van der Waals surface area contributed by atoms with Gasteiger partial charge in [0.05, 0.1) is 23.9 Å². The molecule has 0 spiro atoms. The van der Waals surface area contributed by atoms with E-state index < -0.39 is 0 Å². The molecule has 4 rings (SSSR count). The van der Waals surface area contributed by atoms with E-state index >= 15 is 0 Å². The summed E-state index contributed by atoms with van der Waals surface area (Å²) in [5.41, 5.74) is 3.93. The smallest absolute Gasteiger partial charge is 0.123 e. The first-order chi connectivity index (χ1) is 11.8. The Morgan fingerprint density at radius 1 is 1.21 bits per heavy atom. The number of rotatable bonds is 4. The van der Waals surface area contributed by atoms with Crippen molar-refractivity contribution < 1.29 is 4.74 Å². The Kier molecular flexibility index (Phi) is 3.72. The van der Waals surface area contributed by atoms with Crippen LogP contribution in [0.25, 0.3) is 0 Å². The molecule has 24 heavy (non-hydrogen) atoms. The zero-order valence-electron chi connectivity index (χ0n) is 13.1. The second-order valence-corrected chi connectivity index (χ2v) is 5.97. The first-order valence-corrected chi connectivity index (χ1v) is 7.93. The number of nitriles is 1. The molecule has 0 aliphatic carbocycles. The molecule has 0 saturated carbocycles. The summed E-state index contributed by atoms with van der Waals surface area (Å²) in [5.74, 6) is 0.864. The molecule has 3 aromatic rings. The van der Waals surface area contributed by atoms with Gasteiger partial charge in [-0.3, -0.25) is 0 Å². The van der Waals surface area contributed by atoms with E-state index in [1.54, 1.807) is 6.07 Å². The fraction of sp³-hybridized carbons (Fsp3) is 0.211. The number of aromatic nitrogens is 3. The zero-order valence-corrected chi connectivity index (χ0v) is 13.1. The van der Waals surface area contributed by atoms with Crippen molar-refractivity contribution in [2.45, 2.75) is 25.5 Å². The van der Waals surface area contributed by atoms with Crippen LogP contribution in [0.5, 0.6) is 5.75 Å². The van der Waals surface area contributed by atoms with E-state index in [1.165, 1.54) is 5.56 Å². The molecule has 0 radical (unpaired) electrons. The van der Waals surface area contributed by atoms with Gasteiger partial charge in [-0.05, 0) is 29.3 Å². The lowest BCUT2D eigenvalue weighted by molar-refractivity contribution is 0.202. The van der Waals surface area contributed by atoms with Gasteiger partial charge in [-0.1, -0.05) is 35.5 Å². The second kappa shape index (κ2) is 6.17. The zero-order chi connectivity index (χ0) is 16.4. The quantitative estimate of drug-likeness (QED) is 0.742. The SMILES string of the molecule is N#Cc1ccc2c(c1)CC(Cn1cc(Cc3ccccc3)nn1)O2. The third-order valence-electron chi connectivity index (χ3n) is 4.14. The fourth-order valence-electron chi connectivity index (χ4n) is 3.01. The lowest BCUT2D eigenvalue weighted by Crippen LogP contribution is -2.21. The largest absolute Gasteiger partial charge is 0.488 e. The summed E-state index contributed by atoms with van der Waals surface area (Å²) in [6.07, 6.45) is 3.57. The Morgan fingerprint density at radius 3 is 2.92 bits per heavy atom. The van der Waals surface area contributed by atoms with Gasteiger partial charge in [0.15, 0.2) is 0 Å². The highest BCUT2D eigenvalue weighted by molar-refractivity contribution is 5.44. The Balaban J connectivity index is 1.41. The summed E-state index contributed by atoms with van der Waals surface area (Å²) in [7, 11) is 0. The summed E-state index contributed by atoms with van der Waals surface area (Å²) in [4.78, 5) is 0.